The molecule has 0 aliphatic carbocycles. The lowest BCUT2D eigenvalue weighted by atomic mass is 9.77. The standard InChI is InChI=1S/C30H29F6NO3/c1-21(23-16-25(29(31,32)33)18-26(17-23)30(34,35)36)40-20-28(14-8-9-15-37,24-12-6-3-7-13-24)27(38)39-19-22-10-4-2-5-11-22/h2-7,9-13,15-18,21H,8,14,19-20,37H2,1H3/b15-9+/t21-,28+/m1/s1. The predicted molar refractivity (Wildman–Crippen MR) is 138 cm³/mol. The summed E-state index contributed by atoms with van der Waals surface area (Å²) in [6, 6.07) is 18.8. The zero-order valence-electron chi connectivity index (χ0n) is 21.6. The van der Waals surface area contributed by atoms with Gasteiger partial charge in [0.05, 0.1) is 23.8 Å². The van der Waals surface area contributed by atoms with Crippen LogP contribution < -0.4 is 5.73 Å². The third-order valence-electron chi connectivity index (χ3n) is 6.46. The predicted octanol–water partition coefficient (Wildman–Crippen LogP) is 7.74. The van der Waals surface area contributed by atoms with E-state index in [0.717, 1.165) is 5.56 Å². The van der Waals surface area contributed by atoms with Gasteiger partial charge in [0.15, 0.2) is 0 Å². The molecular weight excluding hydrogens is 536 g/mol. The first-order chi connectivity index (χ1) is 18.9. The SMILES string of the molecule is C[C@@H](OC[C@](CC/C=C/N)(C(=O)OCc1ccccc1)c1ccccc1)c1cc(C(F)(F)F)cc(C(F)(F)F)c1. The van der Waals surface area contributed by atoms with Crippen LogP contribution in [0.5, 0.6) is 0 Å². The van der Waals surface area contributed by atoms with E-state index in [4.69, 9.17) is 15.2 Å². The second-order valence-electron chi connectivity index (χ2n) is 9.27. The second-order valence-corrected chi connectivity index (χ2v) is 9.27. The summed E-state index contributed by atoms with van der Waals surface area (Å²) < 4.78 is 92.0. The number of alkyl halides is 6. The Labute approximate surface area is 228 Å². The molecule has 0 aromatic heterocycles. The molecule has 0 radical (unpaired) electrons. The highest BCUT2D eigenvalue weighted by Gasteiger charge is 2.43. The smallest absolute Gasteiger partial charge is 0.416 e. The number of allylic oxidation sites excluding steroid dienone is 1. The number of hydrogen-bond acceptors (Lipinski definition) is 4. The molecular formula is C30H29F6NO3. The number of benzene rings is 3. The Kier molecular flexibility index (Phi) is 10.0. The Bertz CT molecular complexity index is 1240. The van der Waals surface area contributed by atoms with Crippen molar-refractivity contribution >= 4 is 5.97 Å². The molecule has 0 saturated carbocycles. The molecule has 40 heavy (non-hydrogen) atoms. The van der Waals surface area contributed by atoms with Crippen LogP contribution in [0.15, 0.2) is 91.1 Å². The van der Waals surface area contributed by atoms with Gasteiger partial charge in [-0.2, -0.15) is 26.3 Å². The van der Waals surface area contributed by atoms with Crippen molar-refractivity contribution in [1.82, 2.24) is 0 Å². The summed E-state index contributed by atoms with van der Waals surface area (Å²) in [6.07, 6.45) is -7.80. The van der Waals surface area contributed by atoms with Gasteiger partial charge >= 0.3 is 18.3 Å². The van der Waals surface area contributed by atoms with E-state index in [-0.39, 0.29) is 31.3 Å². The van der Waals surface area contributed by atoms with E-state index in [1.54, 1.807) is 60.7 Å². The van der Waals surface area contributed by atoms with Crippen LogP contribution in [0, 0.1) is 0 Å². The number of esters is 1. The highest BCUT2D eigenvalue weighted by atomic mass is 19.4. The molecule has 3 rings (SSSR count). The summed E-state index contributed by atoms with van der Waals surface area (Å²) >= 11 is 0. The molecule has 0 heterocycles. The molecule has 0 amide bonds. The van der Waals surface area contributed by atoms with Crippen molar-refractivity contribution in [2.24, 2.45) is 5.73 Å². The Morgan fingerprint density at radius 1 is 0.850 bits per heavy atom. The van der Waals surface area contributed by atoms with Crippen LogP contribution in [0.25, 0.3) is 0 Å². The first-order valence-corrected chi connectivity index (χ1v) is 12.4. The number of hydrogen-bond donors (Lipinski definition) is 1. The van der Waals surface area contributed by atoms with Gasteiger partial charge in [0, 0.05) is 0 Å². The van der Waals surface area contributed by atoms with Crippen molar-refractivity contribution in [3.05, 3.63) is 119 Å². The number of nitrogens with two attached hydrogens (primary N) is 1. The fourth-order valence-corrected chi connectivity index (χ4v) is 4.20. The van der Waals surface area contributed by atoms with Crippen molar-refractivity contribution < 1.29 is 40.6 Å². The average Bonchev–Trinajstić information content (AvgIpc) is 2.93. The molecule has 4 nitrogen and oxygen atoms in total. The summed E-state index contributed by atoms with van der Waals surface area (Å²) in [5, 5.41) is 0. The monoisotopic (exact) mass is 565 g/mol. The summed E-state index contributed by atoms with van der Waals surface area (Å²) in [5.41, 5.74) is 2.09. The van der Waals surface area contributed by atoms with E-state index in [1.165, 1.54) is 13.1 Å². The van der Waals surface area contributed by atoms with E-state index in [9.17, 15) is 31.1 Å². The molecule has 0 bridgehead atoms. The molecule has 2 N–H and O–H groups in total. The maximum absolute atomic E-state index is 13.7. The van der Waals surface area contributed by atoms with Crippen LogP contribution in [0.4, 0.5) is 26.3 Å². The van der Waals surface area contributed by atoms with Crippen LogP contribution in [-0.4, -0.2) is 12.6 Å². The Hall–Kier alpha value is -3.79. The minimum atomic E-state index is -5.00. The van der Waals surface area contributed by atoms with Crippen molar-refractivity contribution in [3.63, 3.8) is 0 Å². The highest BCUT2D eigenvalue weighted by molar-refractivity contribution is 5.83. The normalized spacial score (nSPS) is 14.6. The lowest BCUT2D eigenvalue weighted by Crippen LogP contribution is -2.42. The number of ether oxygens (including phenoxy) is 2. The average molecular weight is 566 g/mol. The van der Waals surface area contributed by atoms with E-state index < -0.39 is 41.0 Å². The maximum Gasteiger partial charge on any atom is 0.416 e. The van der Waals surface area contributed by atoms with Crippen molar-refractivity contribution in [3.8, 4) is 0 Å². The Morgan fingerprint density at radius 3 is 1.93 bits per heavy atom. The first-order valence-electron chi connectivity index (χ1n) is 12.4. The van der Waals surface area contributed by atoms with Crippen molar-refractivity contribution in [1.29, 1.82) is 0 Å². The number of halogens is 6. The van der Waals surface area contributed by atoms with Gasteiger partial charge in [-0.15, -0.1) is 0 Å². The van der Waals surface area contributed by atoms with Crippen molar-refractivity contribution in [2.45, 2.75) is 50.2 Å². The summed E-state index contributed by atoms with van der Waals surface area (Å²) in [7, 11) is 0. The minimum absolute atomic E-state index is 0.0426. The van der Waals surface area contributed by atoms with Crippen LogP contribution in [-0.2, 0) is 38.6 Å². The zero-order valence-corrected chi connectivity index (χ0v) is 21.6. The van der Waals surface area contributed by atoms with E-state index >= 15 is 0 Å². The third kappa shape index (κ3) is 7.88. The fourth-order valence-electron chi connectivity index (χ4n) is 4.20. The zero-order chi connectivity index (χ0) is 29.4. The van der Waals surface area contributed by atoms with Gasteiger partial charge in [-0.25, -0.2) is 0 Å². The molecule has 3 aromatic rings. The molecule has 0 fully saturated rings. The minimum Gasteiger partial charge on any atom is -0.460 e. The van der Waals surface area contributed by atoms with Crippen LogP contribution in [0.2, 0.25) is 0 Å². The van der Waals surface area contributed by atoms with E-state index in [0.29, 0.717) is 24.1 Å². The lowest BCUT2D eigenvalue weighted by Gasteiger charge is -2.33. The largest absolute Gasteiger partial charge is 0.460 e. The quantitative estimate of drug-likeness (QED) is 0.191. The summed E-state index contributed by atoms with van der Waals surface area (Å²) in [5.74, 6) is -0.653. The lowest BCUT2D eigenvalue weighted by molar-refractivity contribution is -0.156. The third-order valence-corrected chi connectivity index (χ3v) is 6.46. The van der Waals surface area contributed by atoms with Crippen LogP contribution in [0.3, 0.4) is 0 Å². The van der Waals surface area contributed by atoms with Gasteiger partial charge < -0.3 is 15.2 Å². The number of carbonyl (C=O) groups excluding carboxylic acids is 1. The molecule has 0 spiro atoms. The number of carbonyl (C=O) groups is 1. The van der Waals surface area contributed by atoms with Crippen LogP contribution in [0.1, 0.15) is 53.7 Å². The molecule has 3 aromatic carbocycles. The molecule has 10 heteroatoms. The molecule has 0 saturated heterocycles. The second kappa shape index (κ2) is 13.0. The van der Waals surface area contributed by atoms with Gasteiger partial charge in [-0.1, -0.05) is 66.7 Å². The van der Waals surface area contributed by atoms with Crippen LogP contribution >= 0.6 is 0 Å². The Morgan fingerprint density at radius 2 is 1.40 bits per heavy atom. The topological polar surface area (TPSA) is 61.5 Å². The molecule has 0 aliphatic heterocycles. The first kappa shape index (κ1) is 30.7. The molecule has 2 atom stereocenters. The van der Waals surface area contributed by atoms with Gasteiger partial charge in [0.1, 0.15) is 12.0 Å². The fraction of sp³-hybridized carbons (Fsp3) is 0.300. The van der Waals surface area contributed by atoms with Gasteiger partial charge in [-0.05, 0) is 60.9 Å². The van der Waals surface area contributed by atoms with E-state index in [1.807, 2.05) is 6.07 Å². The molecule has 214 valence electrons. The maximum atomic E-state index is 13.7. The molecule has 0 aliphatic rings. The van der Waals surface area contributed by atoms with Crippen molar-refractivity contribution in [2.75, 3.05) is 6.61 Å². The van der Waals surface area contributed by atoms with Gasteiger partial charge in [0.25, 0.3) is 0 Å². The summed E-state index contributed by atoms with van der Waals surface area (Å²) in [6.45, 7) is 0.918. The van der Waals surface area contributed by atoms with Gasteiger partial charge in [-0.3, -0.25) is 4.79 Å². The van der Waals surface area contributed by atoms with Gasteiger partial charge in [0.2, 0.25) is 0 Å². The highest BCUT2D eigenvalue weighted by Crippen LogP contribution is 2.39. The Balaban J connectivity index is 1.97. The summed E-state index contributed by atoms with van der Waals surface area (Å²) in [4.78, 5) is 13.7. The molecule has 0 unspecified atom stereocenters. The number of rotatable bonds is 11. The van der Waals surface area contributed by atoms with E-state index in [2.05, 4.69) is 0 Å².